The minimum absolute atomic E-state index is 0.0964. The number of aliphatic hydroxyl groups is 1. The van der Waals surface area contributed by atoms with Gasteiger partial charge in [-0.3, -0.25) is 4.79 Å². The summed E-state index contributed by atoms with van der Waals surface area (Å²) < 4.78 is 0. The summed E-state index contributed by atoms with van der Waals surface area (Å²) >= 11 is 0. The molecule has 1 saturated heterocycles. The number of hydrogen-bond donors (Lipinski definition) is 1. The van der Waals surface area contributed by atoms with Crippen molar-refractivity contribution in [2.75, 3.05) is 13.2 Å². The minimum Gasteiger partial charge on any atom is -0.395 e. The number of aliphatic hydroxyl groups excluding tert-OH is 1. The largest absolute Gasteiger partial charge is 0.395 e. The van der Waals surface area contributed by atoms with Crippen LogP contribution < -0.4 is 0 Å². The molecular formula is C18H23NO2. The fraction of sp³-hybridized carbons (Fsp3) is 0.500. The Morgan fingerprint density at radius 3 is 2.62 bits per heavy atom. The van der Waals surface area contributed by atoms with E-state index in [-0.39, 0.29) is 12.5 Å². The number of benzene rings is 1. The van der Waals surface area contributed by atoms with Gasteiger partial charge in [0.25, 0.3) is 0 Å². The van der Waals surface area contributed by atoms with Crippen molar-refractivity contribution in [3.8, 4) is 11.8 Å². The Kier molecular flexibility index (Phi) is 5.41. The van der Waals surface area contributed by atoms with Crippen LogP contribution in [0.15, 0.2) is 24.3 Å². The monoisotopic (exact) mass is 285 g/mol. The van der Waals surface area contributed by atoms with E-state index in [9.17, 15) is 4.79 Å². The van der Waals surface area contributed by atoms with Crippen molar-refractivity contribution in [3.05, 3.63) is 35.4 Å². The van der Waals surface area contributed by atoms with Gasteiger partial charge in [-0.2, -0.15) is 0 Å². The Labute approximate surface area is 127 Å². The van der Waals surface area contributed by atoms with Crippen LogP contribution >= 0.6 is 0 Å². The lowest BCUT2D eigenvalue weighted by atomic mass is 9.95. The third-order valence-electron chi connectivity index (χ3n) is 3.98. The number of rotatable bonds is 4. The average molecular weight is 285 g/mol. The molecule has 1 heterocycles. The first-order valence-electron chi connectivity index (χ1n) is 7.56. The molecule has 112 valence electrons. The van der Waals surface area contributed by atoms with Crippen molar-refractivity contribution in [1.82, 2.24) is 4.90 Å². The van der Waals surface area contributed by atoms with Crippen LogP contribution in [0, 0.1) is 23.7 Å². The Hall–Kier alpha value is -1.79. The lowest BCUT2D eigenvalue weighted by Crippen LogP contribution is -2.25. The number of carbonyl (C=O) groups excluding carboxylic acids is 1. The highest BCUT2D eigenvalue weighted by Crippen LogP contribution is 2.26. The Bertz CT molecular complexity index is 537. The van der Waals surface area contributed by atoms with E-state index in [1.807, 2.05) is 29.2 Å². The molecular weight excluding hydrogens is 262 g/mol. The van der Waals surface area contributed by atoms with Crippen LogP contribution in [0.3, 0.4) is 0 Å². The van der Waals surface area contributed by atoms with E-state index in [0.29, 0.717) is 31.2 Å². The fourth-order valence-electron chi connectivity index (χ4n) is 2.54. The van der Waals surface area contributed by atoms with Gasteiger partial charge in [0.1, 0.15) is 0 Å². The topological polar surface area (TPSA) is 40.5 Å². The second kappa shape index (κ2) is 7.28. The Balaban J connectivity index is 1.95. The Morgan fingerprint density at radius 1 is 1.33 bits per heavy atom. The zero-order chi connectivity index (χ0) is 15.2. The highest BCUT2D eigenvalue weighted by atomic mass is 16.2. The molecule has 2 rings (SSSR count). The van der Waals surface area contributed by atoms with Crippen LogP contribution in [-0.4, -0.2) is 29.1 Å². The average Bonchev–Trinajstić information content (AvgIpc) is 2.83. The molecule has 1 fully saturated rings. The lowest BCUT2D eigenvalue weighted by Gasteiger charge is -2.18. The number of hydrogen-bond acceptors (Lipinski definition) is 2. The summed E-state index contributed by atoms with van der Waals surface area (Å²) in [6, 6.07) is 8.00. The molecule has 21 heavy (non-hydrogen) atoms. The fourth-order valence-corrected chi connectivity index (χ4v) is 2.54. The maximum Gasteiger partial charge on any atom is 0.223 e. The molecule has 3 heteroatoms. The Morgan fingerprint density at radius 2 is 2.05 bits per heavy atom. The predicted molar refractivity (Wildman–Crippen MR) is 83.4 cm³/mol. The van der Waals surface area contributed by atoms with E-state index in [1.54, 1.807) is 0 Å². The van der Waals surface area contributed by atoms with Gasteiger partial charge < -0.3 is 10.0 Å². The summed E-state index contributed by atoms with van der Waals surface area (Å²) in [6.45, 7) is 6.02. The van der Waals surface area contributed by atoms with E-state index in [1.165, 1.54) is 0 Å². The number of likely N-dealkylation sites (tertiary alicyclic amines) is 1. The van der Waals surface area contributed by atoms with Gasteiger partial charge in [-0.05, 0) is 29.5 Å². The van der Waals surface area contributed by atoms with Crippen LogP contribution in [0.5, 0.6) is 0 Å². The van der Waals surface area contributed by atoms with Crippen LogP contribution in [0.25, 0.3) is 0 Å². The second-order valence-corrected chi connectivity index (χ2v) is 5.95. The molecule has 1 aliphatic heterocycles. The molecule has 0 aliphatic carbocycles. The van der Waals surface area contributed by atoms with Crippen LogP contribution in [0.1, 0.15) is 37.8 Å². The van der Waals surface area contributed by atoms with E-state index in [0.717, 1.165) is 17.7 Å². The van der Waals surface area contributed by atoms with Gasteiger partial charge in [-0.1, -0.05) is 37.8 Å². The molecule has 0 spiro atoms. The lowest BCUT2D eigenvalue weighted by molar-refractivity contribution is -0.128. The highest BCUT2D eigenvalue weighted by molar-refractivity contribution is 5.78. The molecule has 0 bridgehead atoms. The van der Waals surface area contributed by atoms with Crippen molar-refractivity contribution in [1.29, 1.82) is 0 Å². The molecule has 0 aromatic heterocycles. The van der Waals surface area contributed by atoms with E-state index >= 15 is 0 Å². The van der Waals surface area contributed by atoms with Gasteiger partial charge in [0, 0.05) is 31.5 Å². The number of carbonyl (C=O) groups is 1. The summed E-state index contributed by atoms with van der Waals surface area (Å²) in [4.78, 5) is 14.0. The molecule has 0 radical (unpaired) electrons. The zero-order valence-electron chi connectivity index (χ0n) is 12.8. The van der Waals surface area contributed by atoms with Crippen molar-refractivity contribution >= 4 is 5.91 Å². The summed E-state index contributed by atoms with van der Waals surface area (Å²) in [5.74, 6) is 7.22. The van der Waals surface area contributed by atoms with Gasteiger partial charge >= 0.3 is 0 Å². The van der Waals surface area contributed by atoms with Gasteiger partial charge in [0.2, 0.25) is 5.91 Å². The molecule has 0 saturated carbocycles. The zero-order valence-corrected chi connectivity index (χ0v) is 12.8. The summed E-state index contributed by atoms with van der Waals surface area (Å²) in [7, 11) is 0. The second-order valence-electron chi connectivity index (χ2n) is 5.95. The van der Waals surface area contributed by atoms with E-state index in [2.05, 4.69) is 25.7 Å². The SMILES string of the molecule is CC(C)C1CC(=O)N(Cc2ccc(C#CCCO)cc2)C1. The van der Waals surface area contributed by atoms with Crippen LogP contribution in [-0.2, 0) is 11.3 Å². The van der Waals surface area contributed by atoms with Gasteiger partial charge in [-0.25, -0.2) is 0 Å². The molecule has 1 aromatic rings. The van der Waals surface area contributed by atoms with Crippen molar-refractivity contribution < 1.29 is 9.90 Å². The molecule has 1 amide bonds. The molecule has 1 atom stereocenters. The molecule has 3 nitrogen and oxygen atoms in total. The van der Waals surface area contributed by atoms with Crippen molar-refractivity contribution in [3.63, 3.8) is 0 Å². The number of nitrogens with zero attached hydrogens (tertiary/aromatic N) is 1. The summed E-state index contributed by atoms with van der Waals surface area (Å²) in [5.41, 5.74) is 2.08. The van der Waals surface area contributed by atoms with Gasteiger partial charge in [0.15, 0.2) is 0 Å². The van der Waals surface area contributed by atoms with Crippen LogP contribution in [0.4, 0.5) is 0 Å². The normalized spacial score (nSPS) is 18.0. The molecule has 1 N–H and O–H groups in total. The van der Waals surface area contributed by atoms with Gasteiger partial charge in [0.05, 0.1) is 6.61 Å². The van der Waals surface area contributed by atoms with Crippen molar-refractivity contribution in [2.24, 2.45) is 11.8 Å². The first-order chi connectivity index (χ1) is 10.1. The van der Waals surface area contributed by atoms with Crippen molar-refractivity contribution in [2.45, 2.75) is 33.2 Å². The predicted octanol–water partition coefficient (Wildman–Crippen LogP) is 2.43. The summed E-state index contributed by atoms with van der Waals surface area (Å²) in [6.07, 6.45) is 1.18. The third-order valence-corrected chi connectivity index (χ3v) is 3.98. The first kappa shape index (κ1) is 15.6. The van der Waals surface area contributed by atoms with Crippen LogP contribution in [0.2, 0.25) is 0 Å². The minimum atomic E-state index is 0.0964. The highest BCUT2D eigenvalue weighted by Gasteiger charge is 2.31. The maximum absolute atomic E-state index is 12.0. The quantitative estimate of drug-likeness (QED) is 0.863. The number of amides is 1. The maximum atomic E-state index is 12.0. The third kappa shape index (κ3) is 4.34. The standard InChI is InChI=1S/C18H23NO2/c1-14(2)17-11-18(21)19(13-17)12-16-8-6-15(7-9-16)5-3-4-10-20/h6-9,14,17,20H,4,10-13H2,1-2H3. The van der Waals surface area contributed by atoms with Gasteiger partial charge in [-0.15, -0.1) is 0 Å². The molecule has 1 aliphatic rings. The first-order valence-corrected chi connectivity index (χ1v) is 7.56. The van der Waals surface area contributed by atoms with E-state index < -0.39 is 0 Å². The van der Waals surface area contributed by atoms with E-state index in [4.69, 9.17) is 5.11 Å². The smallest absolute Gasteiger partial charge is 0.223 e. The molecule has 1 aromatic carbocycles. The summed E-state index contributed by atoms with van der Waals surface area (Å²) in [5, 5.41) is 8.69. The molecule has 1 unspecified atom stereocenters.